The Balaban J connectivity index is 2.13. The molecule has 0 aliphatic heterocycles. The Morgan fingerprint density at radius 2 is 2.17 bits per heavy atom. The number of nitrogens with zero attached hydrogens (tertiary/aromatic N) is 1. The highest BCUT2D eigenvalue weighted by molar-refractivity contribution is 5.38. The maximum Gasteiger partial charge on any atom is 0.252 e. The van der Waals surface area contributed by atoms with Crippen LogP contribution in [0.3, 0.4) is 0 Å². The van der Waals surface area contributed by atoms with Crippen LogP contribution in [-0.2, 0) is 13.0 Å². The number of phenols is 1. The van der Waals surface area contributed by atoms with Gasteiger partial charge in [-0.05, 0) is 6.07 Å². The number of nitrogens with one attached hydrogen (secondary N) is 2. The summed E-state index contributed by atoms with van der Waals surface area (Å²) >= 11 is 0. The molecule has 1 heterocycles. The van der Waals surface area contributed by atoms with Crippen molar-refractivity contribution in [1.29, 1.82) is 0 Å². The lowest BCUT2D eigenvalue weighted by Crippen LogP contribution is -2.13. The zero-order chi connectivity index (χ0) is 13.0. The first kappa shape index (κ1) is 12.2. The van der Waals surface area contributed by atoms with Crippen molar-refractivity contribution < 1.29 is 5.11 Å². The van der Waals surface area contributed by atoms with Gasteiger partial charge in [-0.15, -0.1) is 0 Å². The van der Waals surface area contributed by atoms with E-state index in [2.05, 4.69) is 15.3 Å². The molecule has 0 radical (unpaired) electrons. The zero-order valence-electron chi connectivity index (χ0n) is 10.1. The van der Waals surface area contributed by atoms with E-state index in [1.54, 1.807) is 12.1 Å². The molecule has 3 N–H and O–H groups in total. The van der Waals surface area contributed by atoms with Gasteiger partial charge in [0.1, 0.15) is 17.4 Å². The monoisotopic (exact) mass is 245 g/mol. The number of rotatable bonds is 4. The van der Waals surface area contributed by atoms with E-state index in [9.17, 15) is 9.90 Å². The van der Waals surface area contributed by atoms with Gasteiger partial charge in [-0.2, -0.15) is 0 Å². The van der Waals surface area contributed by atoms with Crippen LogP contribution < -0.4 is 10.9 Å². The highest BCUT2D eigenvalue weighted by Gasteiger charge is 2.02. The molecule has 0 fully saturated rings. The smallest absolute Gasteiger partial charge is 0.252 e. The number of aromatic hydroxyl groups is 1. The van der Waals surface area contributed by atoms with Crippen molar-refractivity contribution >= 4 is 5.82 Å². The van der Waals surface area contributed by atoms with Crippen LogP contribution in [0, 0.1) is 0 Å². The minimum absolute atomic E-state index is 0.179. The fraction of sp³-hybridized carbons (Fsp3) is 0.231. The van der Waals surface area contributed by atoms with Crippen molar-refractivity contribution in [3.63, 3.8) is 0 Å². The van der Waals surface area contributed by atoms with Gasteiger partial charge in [0.15, 0.2) is 0 Å². The van der Waals surface area contributed by atoms with Gasteiger partial charge in [0.2, 0.25) is 0 Å². The molecular formula is C13H15N3O2. The molecule has 18 heavy (non-hydrogen) atoms. The van der Waals surface area contributed by atoms with Crippen LogP contribution in [0.15, 0.2) is 35.1 Å². The Morgan fingerprint density at radius 3 is 2.89 bits per heavy atom. The second-order valence-electron chi connectivity index (χ2n) is 3.91. The number of phenolic OH excluding ortho intramolecular Hbond substituents is 1. The number of benzene rings is 1. The number of H-pyrrole nitrogens is 1. The summed E-state index contributed by atoms with van der Waals surface area (Å²) < 4.78 is 0. The minimum Gasteiger partial charge on any atom is -0.508 e. The Morgan fingerprint density at radius 1 is 1.39 bits per heavy atom. The predicted octanol–water partition coefficient (Wildman–Crippen LogP) is 1.65. The predicted molar refractivity (Wildman–Crippen MR) is 69.7 cm³/mol. The summed E-state index contributed by atoms with van der Waals surface area (Å²) in [7, 11) is 0. The summed E-state index contributed by atoms with van der Waals surface area (Å²) in [5.41, 5.74) is 0.583. The number of hydrogen-bond donors (Lipinski definition) is 3. The van der Waals surface area contributed by atoms with Gasteiger partial charge in [0, 0.05) is 24.6 Å². The first-order valence-electron chi connectivity index (χ1n) is 5.80. The van der Waals surface area contributed by atoms with E-state index in [1.807, 2.05) is 19.1 Å². The molecular weight excluding hydrogens is 230 g/mol. The number of anilines is 1. The van der Waals surface area contributed by atoms with Crippen LogP contribution in [0.4, 0.5) is 5.82 Å². The van der Waals surface area contributed by atoms with Crippen LogP contribution in [0.1, 0.15) is 18.3 Å². The van der Waals surface area contributed by atoms with Crippen molar-refractivity contribution in [2.45, 2.75) is 19.9 Å². The fourth-order valence-electron chi connectivity index (χ4n) is 1.61. The molecule has 0 unspecified atom stereocenters. The van der Waals surface area contributed by atoms with E-state index in [4.69, 9.17) is 0 Å². The summed E-state index contributed by atoms with van der Waals surface area (Å²) in [6, 6.07) is 8.45. The van der Waals surface area contributed by atoms with E-state index < -0.39 is 0 Å². The van der Waals surface area contributed by atoms with E-state index in [0.717, 1.165) is 5.56 Å². The summed E-state index contributed by atoms with van der Waals surface area (Å²) in [6.45, 7) is 2.34. The van der Waals surface area contributed by atoms with Gasteiger partial charge >= 0.3 is 0 Å². The third-order valence-corrected chi connectivity index (χ3v) is 2.58. The summed E-state index contributed by atoms with van der Waals surface area (Å²) in [5.74, 6) is 1.38. The van der Waals surface area contributed by atoms with Crippen LogP contribution in [0.25, 0.3) is 0 Å². The number of para-hydroxylation sites is 1. The topological polar surface area (TPSA) is 78.0 Å². The number of aromatic nitrogens is 2. The largest absolute Gasteiger partial charge is 0.508 e. The lowest BCUT2D eigenvalue weighted by atomic mass is 10.2. The van der Waals surface area contributed by atoms with Crippen LogP contribution in [-0.4, -0.2) is 15.1 Å². The first-order valence-corrected chi connectivity index (χ1v) is 5.80. The van der Waals surface area contributed by atoms with Gasteiger partial charge < -0.3 is 15.4 Å². The molecule has 0 bridgehead atoms. The molecule has 1 aromatic carbocycles. The molecule has 5 heteroatoms. The Hall–Kier alpha value is -2.30. The number of aryl methyl sites for hydroxylation is 1. The van der Waals surface area contributed by atoms with Crippen molar-refractivity contribution in [3.05, 3.63) is 52.1 Å². The second-order valence-corrected chi connectivity index (χ2v) is 3.91. The Labute approximate surface area is 105 Å². The molecule has 0 aliphatic carbocycles. The maximum atomic E-state index is 11.4. The molecule has 0 aliphatic rings. The fourth-order valence-corrected chi connectivity index (χ4v) is 1.61. The standard InChI is InChI=1S/C13H15N3O2/c1-2-11-15-12(7-13(18)16-11)14-8-9-5-3-4-6-10(9)17/h3-7,17H,2,8H2,1H3,(H2,14,15,16,18). The maximum absolute atomic E-state index is 11.4. The van der Waals surface area contributed by atoms with Crippen molar-refractivity contribution in [2.75, 3.05) is 5.32 Å². The van der Waals surface area contributed by atoms with Gasteiger partial charge in [-0.25, -0.2) is 4.98 Å². The summed E-state index contributed by atoms with van der Waals surface area (Å²) in [6.07, 6.45) is 0.668. The molecule has 5 nitrogen and oxygen atoms in total. The molecule has 2 aromatic rings. The van der Waals surface area contributed by atoms with Crippen LogP contribution in [0.2, 0.25) is 0 Å². The minimum atomic E-state index is -0.179. The van der Waals surface area contributed by atoms with Crippen LogP contribution >= 0.6 is 0 Å². The molecule has 1 aromatic heterocycles. The van der Waals surface area contributed by atoms with E-state index in [0.29, 0.717) is 24.6 Å². The molecule has 0 atom stereocenters. The SMILES string of the molecule is CCc1nc(NCc2ccccc2O)cc(=O)[nH]1. The normalized spacial score (nSPS) is 10.3. The molecule has 0 saturated heterocycles. The quantitative estimate of drug-likeness (QED) is 0.765. The third kappa shape index (κ3) is 2.88. The third-order valence-electron chi connectivity index (χ3n) is 2.58. The van der Waals surface area contributed by atoms with E-state index in [-0.39, 0.29) is 11.3 Å². The molecule has 94 valence electrons. The number of hydrogen-bond acceptors (Lipinski definition) is 4. The molecule has 2 rings (SSSR count). The molecule has 0 amide bonds. The van der Waals surface area contributed by atoms with Crippen molar-refractivity contribution in [3.8, 4) is 5.75 Å². The average Bonchev–Trinajstić information content (AvgIpc) is 2.37. The Kier molecular flexibility index (Phi) is 3.62. The lowest BCUT2D eigenvalue weighted by Gasteiger charge is -2.07. The van der Waals surface area contributed by atoms with Gasteiger partial charge in [-0.1, -0.05) is 25.1 Å². The van der Waals surface area contributed by atoms with E-state index in [1.165, 1.54) is 6.07 Å². The lowest BCUT2D eigenvalue weighted by molar-refractivity contribution is 0.469. The average molecular weight is 245 g/mol. The van der Waals surface area contributed by atoms with Gasteiger partial charge in [0.25, 0.3) is 5.56 Å². The highest BCUT2D eigenvalue weighted by Crippen LogP contribution is 2.16. The van der Waals surface area contributed by atoms with Gasteiger partial charge in [0.05, 0.1) is 0 Å². The highest BCUT2D eigenvalue weighted by atomic mass is 16.3. The second kappa shape index (κ2) is 5.35. The summed E-state index contributed by atoms with van der Waals surface area (Å²) in [4.78, 5) is 18.3. The van der Waals surface area contributed by atoms with E-state index >= 15 is 0 Å². The molecule has 0 spiro atoms. The first-order chi connectivity index (χ1) is 8.69. The zero-order valence-corrected chi connectivity index (χ0v) is 10.1. The summed E-state index contributed by atoms with van der Waals surface area (Å²) in [5, 5.41) is 12.6. The number of aromatic amines is 1. The van der Waals surface area contributed by atoms with Gasteiger partial charge in [-0.3, -0.25) is 4.79 Å². The van der Waals surface area contributed by atoms with Crippen molar-refractivity contribution in [2.24, 2.45) is 0 Å². The van der Waals surface area contributed by atoms with Crippen LogP contribution in [0.5, 0.6) is 5.75 Å². The molecule has 0 saturated carbocycles. The van der Waals surface area contributed by atoms with Crippen molar-refractivity contribution in [1.82, 2.24) is 9.97 Å². The Bertz CT molecular complexity index is 593.